The lowest BCUT2D eigenvalue weighted by atomic mass is 10.1. The van der Waals surface area contributed by atoms with E-state index in [1.165, 1.54) is 11.8 Å². The number of aromatic nitrogens is 1. The second kappa shape index (κ2) is 5.14. The van der Waals surface area contributed by atoms with Crippen LogP contribution in [0.25, 0.3) is 0 Å². The Morgan fingerprint density at radius 1 is 1.67 bits per heavy atom. The van der Waals surface area contributed by atoms with Gasteiger partial charge in [-0.1, -0.05) is 6.07 Å². The number of nitrogens with two attached hydrogens (primary N) is 1. The maximum Gasteiger partial charge on any atom is 0.325 e. The van der Waals surface area contributed by atoms with Gasteiger partial charge in [0.15, 0.2) is 4.75 Å². The first kappa shape index (κ1) is 12.0. The normalized spacial score (nSPS) is 14.5. The van der Waals surface area contributed by atoms with Crippen molar-refractivity contribution in [2.75, 3.05) is 12.3 Å². The van der Waals surface area contributed by atoms with Crippen molar-refractivity contribution in [2.24, 2.45) is 5.73 Å². The minimum Gasteiger partial charge on any atom is -0.480 e. The number of carbonyl (C=O) groups is 1. The predicted octanol–water partition coefficient (Wildman–Crippen LogP) is 1.07. The smallest absolute Gasteiger partial charge is 0.325 e. The molecule has 0 bridgehead atoms. The van der Waals surface area contributed by atoms with Gasteiger partial charge in [0.25, 0.3) is 0 Å². The lowest BCUT2D eigenvalue weighted by Gasteiger charge is -2.23. The molecule has 1 aromatic rings. The summed E-state index contributed by atoms with van der Waals surface area (Å²) in [6, 6.07) is 5.27. The van der Waals surface area contributed by atoms with Crippen molar-refractivity contribution in [3.05, 3.63) is 30.1 Å². The summed E-state index contributed by atoms with van der Waals surface area (Å²) in [7, 11) is 0. The monoisotopic (exact) mass is 226 g/mol. The molecule has 1 aromatic heterocycles. The Bertz CT molecular complexity index is 331. The maximum atomic E-state index is 11.2. The number of nitrogens with zero attached hydrogens (tertiary/aromatic N) is 1. The zero-order valence-electron chi connectivity index (χ0n) is 8.51. The molecule has 0 fully saturated rings. The molecule has 5 heteroatoms. The zero-order valence-corrected chi connectivity index (χ0v) is 9.33. The molecule has 0 aliphatic heterocycles. The van der Waals surface area contributed by atoms with Crippen LogP contribution >= 0.6 is 11.8 Å². The number of rotatable bonds is 5. The number of pyridine rings is 1. The standard InChI is InChI=1S/C10H14N2O2S/c1-10(9(13)14,15-7-5-11)8-4-2-3-6-12-8/h2-4,6H,5,7,11H2,1H3,(H,13,14). The molecule has 15 heavy (non-hydrogen) atoms. The molecule has 3 N–H and O–H groups in total. The van der Waals surface area contributed by atoms with E-state index in [4.69, 9.17) is 5.73 Å². The van der Waals surface area contributed by atoms with Crippen LogP contribution in [0.3, 0.4) is 0 Å². The number of thioether (sulfide) groups is 1. The summed E-state index contributed by atoms with van der Waals surface area (Å²) >= 11 is 1.30. The summed E-state index contributed by atoms with van der Waals surface area (Å²) in [5, 5.41) is 9.21. The van der Waals surface area contributed by atoms with Gasteiger partial charge in [-0.05, 0) is 19.1 Å². The number of hydrogen-bond acceptors (Lipinski definition) is 4. The van der Waals surface area contributed by atoms with Crippen LogP contribution in [0.5, 0.6) is 0 Å². The van der Waals surface area contributed by atoms with Crippen molar-refractivity contribution >= 4 is 17.7 Å². The molecule has 0 saturated heterocycles. The highest BCUT2D eigenvalue weighted by atomic mass is 32.2. The Morgan fingerprint density at radius 2 is 2.40 bits per heavy atom. The second-order valence-electron chi connectivity index (χ2n) is 3.19. The molecule has 1 heterocycles. The van der Waals surface area contributed by atoms with Crippen LogP contribution in [0.15, 0.2) is 24.4 Å². The van der Waals surface area contributed by atoms with E-state index in [1.807, 2.05) is 0 Å². The molecular weight excluding hydrogens is 212 g/mol. The highest BCUT2D eigenvalue weighted by Crippen LogP contribution is 2.34. The lowest BCUT2D eigenvalue weighted by molar-refractivity contribution is -0.139. The van der Waals surface area contributed by atoms with E-state index in [2.05, 4.69) is 4.98 Å². The van der Waals surface area contributed by atoms with Gasteiger partial charge in [0.2, 0.25) is 0 Å². The van der Waals surface area contributed by atoms with Gasteiger partial charge in [0, 0.05) is 18.5 Å². The van der Waals surface area contributed by atoms with Gasteiger partial charge in [0.1, 0.15) is 0 Å². The van der Waals surface area contributed by atoms with E-state index in [9.17, 15) is 9.90 Å². The molecule has 0 spiro atoms. The van der Waals surface area contributed by atoms with Gasteiger partial charge in [-0.3, -0.25) is 9.78 Å². The molecule has 1 unspecified atom stereocenters. The van der Waals surface area contributed by atoms with Gasteiger partial charge in [-0.2, -0.15) is 0 Å². The van der Waals surface area contributed by atoms with Crippen LogP contribution in [0.1, 0.15) is 12.6 Å². The lowest BCUT2D eigenvalue weighted by Crippen LogP contribution is -2.31. The molecule has 0 aliphatic carbocycles. The molecule has 4 nitrogen and oxygen atoms in total. The van der Waals surface area contributed by atoms with Gasteiger partial charge in [-0.15, -0.1) is 11.8 Å². The van der Waals surface area contributed by atoms with Gasteiger partial charge >= 0.3 is 5.97 Å². The fourth-order valence-electron chi connectivity index (χ4n) is 1.15. The summed E-state index contributed by atoms with van der Waals surface area (Å²) in [5.41, 5.74) is 5.93. The fraction of sp³-hybridized carbons (Fsp3) is 0.400. The molecule has 0 amide bonds. The van der Waals surface area contributed by atoms with Crippen LogP contribution in [0, 0.1) is 0 Å². The Balaban J connectivity index is 2.96. The van der Waals surface area contributed by atoms with Crippen molar-refractivity contribution in [1.29, 1.82) is 0 Å². The molecular formula is C10H14N2O2S. The summed E-state index contributed by atoms with van der Waals surface area (Å²) in [5.74, 6) is -0.293. The van der Waals surface area contributed by atoms with Crippen molar-refractivity contribution in [1.82, 2.24) is 4.98 Å². The Hall–Kier alpha value is -1.07. The minimum atomic E-state index is -1.01. The van der Waals surface area contributed by atoms with Gasteiger partial charge in [0.05, 0.1) is 5.69 Å². The molecule has 0 aliphatic rings. The van der Waals surface area contributed by atoms with E-state index in [0.29, 0.717) is 18.0 Å². The second-order valence-corrected chi connectivity index (χ2v) is 4.70. The third-order valence-electron chi connectivity index (χ3n) is 2.07. The molecule has 1 atom stereocenters. The van der Waals surface area contributed by atoms with Crippen LogP contribution in [-0.4, -0.2) is 28.4 Å². The fourth-order valence-corrected chi connectivity index (χ4v) is 2.07. The molecule has 0 radical (unpaired) electrons. The van der Waals surface area contributed by atoms with Crippen LogP contribution < -0.4 is 5.73 Å². The summed E-state index contributed by atoms with van der Waals surface area (Å²) in [6.45, 7) is 2.11. The Kier molecular flexibility index (Phi) is 4.11. The maximum absolute atomic E-state index is 11.2. The van der Waals surface area contributed by atoms with Crippen LogP contribution in [-0.2, 0) is 9.54 Å². The molecule has 0 aromatic carbocycles. The number of aliphatic carboxylic acids is 1. The Morgan fingerprint density at radius 3 is 2.87 bits per heavy atom. The third kappa shape index (κ3) is 2.70. The summed E-state index contributed by atoms with van der Waals surface area (Å²) < 4.78 is -1.01. The highest BCUT2D eigenvalue weighted by Gasteiger charge is 2.36. The number of carboxylic acids is 1. The Labute approximate surface area is 92.9 Å². The number of carboxylic acid groups (broad SMARTS) is 1. The van der Waals surface area contributed by atoms with E-state index in [0.717, 1.165) is 0 Å². The average Bonchev–Trinajstić information content (AvgIpc) is 2.27. The molecule has 0 saturated carbocycles. The van der Waals surface area contributed by atoms with E-state index in [-0.39, 0.29) is 0 Å². The number of hydrogen-bond donors (Lipinski definition) is 2. The quantitative estimate of drug-likeness (QED) is 0.785. The zero-order chi connectivity index (χ0) is 11.3. The van der Waals surface area contributed by atoms with Crippen molar-refractivity contribution in [2.45, 2.75) is 11.7 Å². The first-order chi connectivity index (χ1) is 7.11. The van der Waals surface area contributed by atoms with Crippen molar-refractivity contribution in [3.63, 3.8) is 0 Å². The van der Waals surface area contributed by atoms with Gasteiger partial charge in [-0.25, -0.2) is 0 Å². The third-order valence-corrected chi connectivity index (χ3v) is 3.47. The van der Waals surface area contributed by atoms with Crippen molar-refractivity contribution in [3.8, 4) is 0 Å². The predicted molar refractivity (Wildman–Crippen MR) is 60.7 cm³/mol. The van der Waals surface area contributed by atoms with Crippen LogP contribution in [0.2, 0.25) is 0 Å². The average molecular weight is 226 g/mol. The largest absolute Gasteiger partial charge is 0.480 e. The minimum absolute atomic E-state index is 0.459. The van der Waals surface area contributed by atoms with E-state index in [1.54, 1.807) is 31.3 Å². The topological polar surface area (TPSA) is 76.2 Å². The summed E-state index contributed by atoms with van der Waals surface area (Å²) in [4.78, 5) is 15.3. The molecule has 1 rings (SSSR count). The molecule has 82 valence electrons. The van der Waals surface area contributed by atoms with Crippen molar-refractivity contribution < 1.29 is 9.90 Å². The van der Waals surface area contributed by atoms with E-state index >= 15 is 0 Å². The highest BCUT2D eigenvalue weighted by molar-refractivity contribution is 8.00. The van der Waals surface area contributed by atoms with Crippen LogP contribution in [0.4, 0.5) is 0 Å². The first-order valence-corrected chi connectivity index (χ1v) is 5.58. The van der Waals surface area contributed by atoms with E-state index < -0.39 is 10.7 Å². The SMILES string of the molecule is CC(SCCN)(C(=O)O)c1ccccn1. The van der Waals surface area contributed by atoms with Gasteiger partial charge < -0.3 is 10.8 Å². The first-order valence-electron chi connectivity index (χ1n) is 4.60. The summed E-state index contributed by atoms with van der Waals surface area (Å²) in [6.07, 6.45) is 1.60.